The van der Waals surface area contributed by atoms with Crippen LogP contribution in [-0.4, -0.2) is 17.2 Å². The van der Waals surface area contributed by atoms with Gasteiger partial charge < -0.3 is 15.0 Å². The van der Waals surface area contributed by atoms with Crippen molar-refractivity contribution < 1.29 is 33.9 Å². The van der Waals surface area contributed by atoms with Crippen molar-refractivity contribution in [3.8, 4) is 0 Å². The van der Waals surface area contributed by atoms with Crippen molar-refractivity contribution in [3.63, 3.8) is 0 Å². The zero-order valence-corrected chi connectivity index (χ0v) is 14.9. The second-order valence-electron chi connectivity index (χ2n) is 6.36. The summed E-state index contributed by atoms with van der Waals surface area (Å²) in [7, 11) is 0. The topological polar surface area (TPSA) is 60.4 Å². The van der Waals surface area contributed by atoms with Crippen LogP contribution in [0.4, 0.5) is 0 Å². The van der Waals surface area contributed by atoms with Gasteiger partial charge >= 0.3 is 18.9 Å². The van der Waals surface area contributed by atoms with Crippen LogP contribution in [0.25, 0.3) is 0 Å². The summed E-state index contributed by atoms with van der Waals surface area (Å²) in [5.74, 6) is -0.916. The van der Waals surface area contributed by atoms with Crippen LogP contribution in [0, 0.1) is 0 Å². The maximum absolute atomic E-state index is 10.2. The summed E-state index contributed by atoms with van der Waals surface area (Å²) in [6.07, 6.45) is 17.0. The number of carbonyl (C=O) groups is 1. The number of aliphatic hydroxyl groups excluding tert-OH is 1. The van der Waals surface area contributed by atoms with Crippen LogP contribution in [0.15, 0.2) is 0 Å². The van der Waals surface area contributed by atoms with Gasteiger partial charge in [-0.2, -0.15) is 0 Å². The van der Waals surface area contributed by atoms with E-state index in [-0.39, 0.29) is 31.4 Å². The minimum Gasteiger partial charge on any atom is -0.550 e. The van der Waals surface area contributed by atoms with Crippen molar-refractivity contribution >= 4 is 5.97 Å². The number of carboxylic acids is 1. The predicted octanol–water partition coefficient (Wildman–Crippen LogP) is 0.973. The summed E-state index contributed by atoms with van der Waals surface area (Å²) in [5.41, 5.74) is 0. The molecule has 0 radical (unpaired) electrons. The molecule has 0 bridgehead atoms. The molecule has 22 heavy (non-hydrogen) atoms. The molecule has 0 amide bonds. The number of aliphatic carboxylic acids is 1. The number of hydrogen-bond donors (Lipinski definition) is 1. The third kappa shape index (κ3) is 22.3. The Labute approximate surface area is 149 Å². The number of hydrogen-bond acceptors (Lipinski definition) is 3. The molecule has 3 nitrogen and oxygen atoms in total. The molecule has 1 N–H and O–H groups in total. The molecular weight excluding hydrogens is 271 g/mol. The second-order valence-corrected chi connectivity index (χ2v) is 6.36. The molecule has 0 spiro atoms. The summed E-state index contributed by atoms with van der Waals surface area (Å²) in [6, 6.07) is 0. The molecule has 126 valence electrons. The Hall–Kier alpha value is 0.0274. The SMILES string of the molecule is CC(O)CCCCCCCCCCCCCCCC(=O)[O-].[Li+]. The third-order valence-corrected chi connectivity index (χ3v) is 4.00. The fourth-order valence-electron chi connectivity index (χ4n) is 2.65. The molecule has 0 fully saturated rings. The molecule has 0 saturated heterocycles. The van der Waals surface area contributed by atoms with Gasteiger partial charge in [-0.05, 0) is 26.2 Å². The number of carbonyl (C=O) groups excluding carboxylic acids is 1. The van der Waals surface area contributed by atoms with Gasteiger partial charge in [-0.1, -0.05) is 77.0 Å². The molecule has 0 aliphatic rings. The first-order valence-electron chi connectivity index (χ1n) is 9.01. The average molecular weight is 306 g/mol. The maximum atomic E-state index is 10.2. The van der Waals surface area contributed by atoms with Gasteiger partial charge in [-0.3, -0.25) is 0 Å². The largest absolute Gasteiger partial charge is 1.00 e. The summed E-state index contributed by atoms with van der Waals surface area (Å²) in [4.78, 5) is 10.2. The smallest absolute Gasteiger partial charge is 0.550 e. The van der Waals surface area contributed by atoms with E-state index in [9.17, 15) is 9.90 Å². The molecule has 0 aliphatic carbocycles. The minimum absolute atomic E-state index is 0. The van der Waals surface area contributed by atoms with Crippen molar-refractivity contribution in [3.05, 3.63) is 0 Å². The molecule has 0 aromatic rings. The van der Waals surface area contributed by atoms with Crippen LogP contribution >= 0.6 is 0 Å². The molecule has 0 rings (SSSR count). The van der Waals surface area contributed by atoms with Crippen molar-refractivity contribution in [1.29, 1.82) is 0 Å². The Bertz CT molecular complexity index is 232. The fraction of sp³-hybridized carbons (Fsp3) is 0.944. The first kappa shape index (κ1) is 24.3. The summed E-state index contributed by atoms with van der Waals surface area (Å²) < 4.78 is 0. The molecule has 0 heterocycles. The Morgan fingerprint density at radius 1 is 0.773 bits per heavy atom. The second kappa shape index (κ2) is 19.1. The van der Waals surface area contributed by atoms with Crippen molar-refractivity contribution in [2.45, 2.75) is 109 Å². The monoisotopic (exact) mass is 306 g/mol. The fourth-order valence-corrected chi connectivity index (χ4v) is 2.65. The van der Waals surface area contributed by atoms with E-state index in [0.29, 0.717) is 0 Å². The quantitative estimate of drug-likeness (QED) is 0.341. The molecule has 1 unspecified atom stereocenters. The van der Waals surface area contributed by atoms with Crippen LogP contribution in [0.5, 0.6) is 0 Å². The van der Waals surface area contributed by atoms with E-state index in [2.05, 4.69) is 0 Å². The van der Waals surface area contributed by atoms with E-state index in [4.69, 9.17) is 5.11 Å². The maximum Gasteiger partial charge on any atom is 1.00 e. The van der Waals surface area contributed by atoms with Gasteiger partial charge in [0, 0.05) is 5.97 Å². The Balaban J connectivity index is 0. The van der Waals surface area contributed by atoms with Crippen LogP contribution < -0.4 is 24.0 Å². The van der Waals surface area contributed by atoms with E-state index in [0.717, 1.165) is 32.1 Å². The molecule has 0 aliphatic heterocycles. The zero-order chi connectivity index (χ0) is 15.8. The van der Waals surface area contributed by atoms with E-state index >= 15 is 0 Å². The van der Waals surface area contributed by atoms with Gasteiger partial charge in [0.2, 0.25) is 0 Å². The third-order valence-electron chi connectivity index (χ3n) is 4.00. The van der Waals surface area contributed by atoms with Crippen LogP contribution in [0.1, 0.15) is 103 Å². The molecule has 4 heteroatoms. The minimum atomic E-state index is -0.916. The first-order valence-corrected chi connectivity index (χ1v) is 9.01. The molecule has 0 aromatic carbocycles. The first-order chi connectivity index (χ1) is 10.1. The summed E-state index contributed by atoms with van der Waals surface area (Å²) in [5, 5.41) is 19.4. The van der Waals surface area contributed by atoms with Gasteiger partial charge in [-0.25, -0.2) is 0 Å². The van der Waals surface area contributed by atoms with Gasteiger partial charge in [0.1, 0.15) is 0 Å². The van der Waals surface area contributed by atoms with E-state index in [1.165, 1.54) is 57.8 Å². The molecular formula is C18H35LiO3. The summed E-state index contributed by atoms with van der Waals surface area (Å²) in [6.45, 7) is 1.86. The van der Waals surface area contributed by atoms with E-state index in [1.54, 1.807) is 0 Å². The standard InChI is InChI=1S/C18H36O3.Li/c1-17(19)15-13-11-9-7-5-3-2-4-6-8-10-12-14-16-18(20)21;/h17,19H,2-16H2,1H3,(H,20,21);/q;+1/p-1. The van der Waals surface area contributed by atoms with Crippen LogP contribution in [0.3, 0.4) is 0 Å². The number of rotatable bonds is 16. The molecule has 1 atom stereocenters. The number of carboxylic acid groups (broad SMARTS) is 1. The Morgan fingerprint density at radius 2 is 1.09 bits per heavy atom. The van der Waals surface area contributed by atoms with Crippen molar-refractivity contribution in [2.75, 3.05) is 0 Å². The zero-order valence-electron chi connectivity index (χ0n) is 14.9. The van der Waals surface area contributed by atoms with Gasteiger partial charge in [0.05, 0.1) is 6.10 Å². The van der Waals surface area contributed by atoms with Crippen molar-refractivity contribution in [2.24, 2.45) is 0 Å². The van der Waals surface area contributed by atoms with Crippen molar-refractivity contribution in [1.82, 2.24) is 0 Å². The predicted molar refractivity (Wildman–Crippen MR) is 85.9 cm³/mol. The van der Waals surface area contributed by atoms with Gasteiger partial charge in [0.15, 0.2) is 0 Å². The van der Waals surface area contributed by atoms with Gasteiger partial charge in [0.25, 0.3) is 0 Å². The Morgan fingerprint density at radius 3 is 1.41 bits per heavy atom. The number of aliphatic hydroxyl groups is 1. The van der Waals surface area contributed by atoms with E-state index < -0.39 is 5.97 Å². The van der Waals surface area contributed by atoms with E-state index in [1.807, 2.05) is 6.92 Å². The molecule has 0 aromatic heterocycles. The normalized spacial score (nSPS) is 11.9. The van der Waals surface area contributed by atoms with Crippen LogP contribution in [0.2, 0.25) is 0 Å². The Kier molecular flexibility index (Phi) is 21.1. The number of unbranched alkanes of at least 4 members (excludes halogenated alkanes) is 12. The van der Waals surface area contributed by atoms with Crippen LogP contribution in [-0.2, 0) is 4.79 Å². The summed E-state index contributed by atoms with van der Waals surface area (Å²) >= 11 is 0. The molecule has 0 saturated carbocycles. The average Bonchev–Trinajstić information content (AvgIpc) is 2.42. The van der Waals surface area contributed by atoms with Gasteiger partial charge in [-0.15, -0.1) is 0 Å².